The van der Waals surface area contributed by atoms with Crippen LogP contribution in [0.25, 0.3) is 0 Å². The molecule has 0 aliphatic carbocycles. The van der Waals surface area contributed by atoms with Crippen molar-refractivity contribution in [1.82, 2.24) is 0 Å². The Bertz CT molecular complexity index is 919. The minimum absolute atomic E-state index is 0.315. The second-order valence-corrected chi connectivity index (χ2v) is 7.87. The molecule has 0 spiro atoms. The van der Waals surface area contributed by atoms with Crippen LogP contribution in [0.1, 0.15) is 27.8 Å². The average molecular weight is 376 g/mol. The predicted octanol–water partition coefficient (Wildman–Crippen LogP) is 4.21. The van der Waals surface area contributed by atoms with Gasteiger partial charge in [-0.25, -0.2) is 13.2 Å². The molecule has 0 unspecified atom stereocenters. The standard InChI is InChI=1S/C19H24N2O4S/c1-11-12(2)14(4)18(15(5)13(11)3)26(23,24)21-17-9-7-16(8-10-17)20-19(22)25-6/h7-10,21H,1-6H3,(H,20,22). The van der Waals surface area contributed by atoms with Gasteiger partial charge in [0.05, 0.1) is 12.0 Å². The van der Waals surface area contributed by atoms with Crippen LogP contribution in [0.3, 0.4) is 0 Å². The molecular formula is C19H24N2O4S. The average Bonchev–Trinajstić information content (AvgIpc) is 2.59. The Hall–Kier alpha value is -2.54. The summed E-state index contributed by atoms with van der Waals surface area (Å²) < 4.78 is 33.1. The van der Waals surface area contributed by atoms with E-state index in [9.17, 15) is 13.2 Å². The lowest BCUT2D eigenvalue weighted by atomic mass is 9.95. The van der Waals surface area contributed by atoms with Crippen molar-refractivity contribution in [3.8, 4) is 0 Å². The fraction of sp³-hybridized carbons (Fsp3) is 0.316. The number of carbonyl (C=O) groups is 1. The highest BCUT2D eigenvalue weighted by atomic mass is 32.2. The van der Waals surface area contributed by atoms with E-state index in [2.05, 4.69) is 14.8 Å². The number of benzene rings is 2. The molecule has 0 aliphatic heterocycles. The molecule has 2 aromatic rings. The second kappa shape index (κ2) is 7.37. The van der Waals surface area contributed by atoms with Crippen molar-refractivity contribution in [2.24, 2.45) is 0 Å². The van der Waals surface area contributed by atoms with Crippen molar-refractivity contribution in [1.29, 1.82) is 0 Å². The number of methoxy groups -OCH3 is 1. The first-order valence-electron chi connectivity index (χ1n) is 8.13. The van der Waals surface area contributed by atoms with Gasteiger partial charge in [-0.05, 0) is 86.7 Å². The lowest BCUT2D eigenvalue weighted by molar-refractivity contribution is 0.187. The molecule has 0 saturated heterocycles. The third-order valence-electron chi connectivity index (χ3n) is 4.77. The van der Waals surface area contributed by atoms with E-state index in [1.807, 2.05) is 34.6 Å². The van der Waals surface area contributed by atoms with Gasteiger partial charge in [0.25, 0.3) is 10.0 Å². The van der Waals surface area contributed by atoms with Gasteiger partial charge in [-0.15, -0.1) is 0 Å². The zero-order valence-electron chi connectivity index (χ0n) is 15.9. The number of anilines is 2. The summed E-state index contributed by atoms with van der Waals surface area (Å²) in [6.07, 6.45) is -0.588. The Morgan fingerprint density at radius 2 is 1.23 bits per heavy atom. The lowest BCUT2D eigenvalue weighted by Crippen LogP contribution is -2.17. The van der Waals surface area contributed by atoms with Crippen molar-refractivity contribution in [3.63, 3.8) is 0 Å². The molecule has 0 fully saturated rings. The largest absolute Gasteiger partial charge is 0.453 e. The van der Waals surface area contributed by atoms with Crippen molar-refractivity contribution >= 4 is 27.5 Å². The molecule has 2 N–H and O–H groups in total. The molecule has 140 valence electrons. The normalized spacial score (nSPS) is 11.2. The van der Waals surface area contributed by atoms with Crippen LogP contribution in [0.2, 0.25) is 0 Å². The van der Waals surface area contributed by atoms with Crippen LogP contribution in [0.15, 0.2) is 29.2 Å². The quantitative estimate of drug-likeness (QED) is 0.837. The number of sulfonamides is 1. The minimum atomic E-state index is -3.74. The number of amides is 1. The smallest absolute Gasteiger partial charge is 0.411 e. The molecule has 1 amide bonds. The highest BCUT2D eigenvalue weighted by molar-refractivity contribution is 7.92. The number of nitrogens with one attached hydrogen (secondary N) is 2. The van der Waals surface area contributed by atoms with Crippen LogP contribution in [0, 0.1) is 34.6 Å². The van der Waals surface area contributed by atoms with Crippen molar-refractivity contribution in [2.45, 2.75) is 39.5 Å². The van der Waals surface area contributed by atoms with Gasteiger partial charge >= 0.3 is 6.09 Å². The Morgan fingerprint density at radius 1 is 0.808 bits per heavy atom. The zero-order valence-corrected chi connectivity index (χ0v) is 16.7. The summed E-state index contributed by atoms with van der Waals surface area (Å²) in [4.78, 5) is 11.5. The van der Waals surface area contributed by atoms with Crippen molar-refractivity contribution < 1.29 is 17.9 Å². The summed E-state index contributed by atoms with van der Waals surface area (Å²) in [7, 11) is -2.47. The summed E-state index contributed by atoms with van der Waals surface area (Å²) in [5.41, 5.74) is 5.49. The van der Waals surface area contributed by atoms with Crippen molar-refractivity contribution in [3.05, 3.63) is 52.1 Å². The van der Waals surface area contributed by atoms with Crippen LogP contribution in [-0.4, -0.2) is 21.6 Å². The first-order chi connectivity index (χ1) is 12.1. The molecule has 0 aromatic heterocycles. The summed E-state index contributed by atoms with van der Waals surface area (Å²) in [5.74, 6) is 0. The zero-order chi connectivity index (χ0) is 19.6. The van der Waals surface area contributed by atoms with Gasteiger partial charge in [-0.2, -0.15) is 0 Å². The SMILES string of the molecule is COC(=O)Nc1ccc(NS(=O)(=O)c2c(C)c(C)c(C)c(C)c2C)cc1. The minimum Gasteiger partial charge on any atom is -0.453 e. The van der Waals surface area contributed by atoms with Gasteiger partial charge in [-0.1, -0.05) is 0 Å². The molecule has 6 nitrogen and oxygen atoms in total. The predicted molar refractivity (Wildman–Crippen MR) is 103 cm³/mol. The molecule has 2 aromatic carbocycles. The number of rotatable bonds is 4. The fourth-order valence-electron chi connectivity index (χ4n) is 2.87. The molecule has 0 heterocycles. The third-order valence-corrected chi connectivity index (χ3v) is 6.42. The number of carbonyl (C=O) groups excluding carboxylic acids is 1. The van der Waals surface area contributed by atoms with E-state index in [0.29, 0.717) is 16.3 Å². The number of ether oxygens (including phenoxy) is 1. The Morgan fingerprint density at radius 3 is 1.69 bits per heavy atom. The lowest BCUT2D eigenvalue weighted by Gasteiger charge is -2.19. The van der Waals surface area contributed by atoms with Gasteiger partial charge < -0.3 is 4.74 Å². The molecule has 0 atom stereocenters. The Kier molecular flexibility index (Phi) is 5.61. The third kappa shape index (κ3) is 3.83. The van der Waals surface area contributed by atoms with Crippen molar-refractivity contribution in [2.75, 3.05) is 17.1 Å². The van der Waals surface area contributed by atoms with Gasteiger partial charge in [0.2, 0.25) is 0 Å². The highest BCUT2D eigenvalue weighted by Crippen LogP contribution is 2.30. The summed E-state index contributed by atoms with van der Waals surface area (Å²) in [5, 5.41) is 2.51. The molecule has 26 heavy (non-hydrogen) atoms. The molecule has 0 radical (unpaired) electrons. The van der Waals surface area contributed by atoms with E-state index in [0.717, 1.165) is 27.8 Å². The van der Waals surface area contributed by atoms with Crippen LogP contribution in [-0.2, 0) is 14.8 Å². The molecule has 0 aliphatic rings. The summed E-state index contributed by atoms with van der Waals surface area (Å²) >= 11 is 0. The van der Waals surface area contributed by atoms with Crippen LogP contribution >= 0.6 is 0 Å². The molecule has 7 heteroatoms. The van der Waals surface area contributed by atoms with Gasteiger partial charge in [0.1, 0.15) is 0 Å². The van der Waals surface area contributed by atoms with Crippen LogP contribution in [0.5, 0.6) is 0 Å². The van der Waals surface area contributed by atoms with E-state index < -0.39 is 16.1 Å². The summed E-state index contributed by atoms with van der Waals surface area (Å²) in [6, 6.07) is 6.36. The summed E-state index contributed by atoms with van der Waals surface area (Å²) in [6.45, 7) is 9.52. The van der Waals surface area contributed by atoms with E-state index >= 15 is 0 Å². The first kappa shape index (κ1) is 19.8. The monoisotopic (exact) mass is 376 g/mol. The Balaban J connectivity index is 2.37. The molecular weight excluding hydrogens is 352 g/mol. The fourth-order valence-corrected chi connectivity index (χ4v) is 4.53. The number of hydrogen-bond donors (Lipinski definition) is 2. The Labute approximate surface area is 154 Å². The molecule has 0 bridgehead atoms. The maximum atomic E-state index is 13.0. The van der Waals surface area contributed by atoms with Gasteiger partial charge in [0.15, 0.2) is 0 Å². The van der Waals surface area contributed by atoms with Crippen LogP contribution in [0.4, 0.5) is 16.2 Å². The molecule has 0 saturated carbocycles. The maximum absolute atomic E-state index is 13.0. The van der Waals surface area contributed by atoms with E-state index in [1.54, 1.807) is 24.3 Å². The second-order valence-electron chi connectivity index (χ2n) is 6.25. The van der Waals surface area contributed by atoms with Gasteiger partial charge in [-0.3, -0.25) is 10.0 Å². The van der Waals surface area contributed by atoms with E-state index in [-0.39, 0.29) is 0 Å². The maximum Gasteiger partial charge on any atom is 0.411 e. The van der Waals surface area contributed by atoms with Gasteiger partial charge in [0, 0.05) is 11.4 Å². The topological polar surface area (TPSA) is 84.5 Å². The van der Waals surface area contributed by atoms with Crippen LogP contribution < -0.4 is 10.0 Å². The van der Waals surface area contributed by atoms with E-state index in [4.69, 9.17) is 0 Å². The van der Waals surface area contributed by atoms with E-state index in [1.165, 1.54) is 7.11 Å². The molecule has 2 rings (SSSR count). The number of hydrogen-bond acceptors (Lipinski definition) is 4. The first-order valence-corrected chi connectivity index (χ1v) is 9.61. The highest BCUT2D eigenvalue weighted by Gasteiger charge is 2.23.